The van der Waals surface area contributed by atoms with E-state index in [1.54, 1.807) is 6.07 Å². The summed E-state index contributed by atoms with van der Waals surface area (Å²) in [6, 6.07) is 1.78. The van der Waals surface area contributed by atoms with Gasteiger partial charge in [0.2, 0.25) is 0 Å². The molecule has 0 unspecified atom stereocenters. The third-order valence-electron chi connectivity index (χ3n) is 5.45. The van der Waals surface area contributed by atoms with E-state index >= 15 is 0 Å². The van der Waals surface area contributed by atoms with Gasteiger partial charge in [-0.05, 0) is 31.7 Å². The van der Waals surface area contributed by atoms with Crippen molar-refractivity contribution in [1.82, 2.24) is 4.90 Å². The molecule has 0 bridgehead atoms. The molecule has 3 heterocycles. The Morgan fingerprint density at radius 1 is 1.40 bits per heavy atom. The largest absolute Gasteiger partial charge is 0.455 e. The van der Waals surface area contributed by atoms with Crippen LogP contribution in [0, 0.1) is 0 Å². The smallest absolute Gasteiger partial charge is 0.284 e. The third-order valence-corrected chi connectivity index (χ3v) is 5.45. The molecule has 1 spiro atoms. The zero-order valence-corrected chi connectivity index (χ0v) is 15.5. The Bertz CT molecular complexity index is 624. The van der Waals surface area contributed by atoms with Crippen molar-refractivity contribution in [2.24, 2.45) is 5.73 Å². The standard InChI is InChI=1S/C19H30N2O4/c1-18(2,3)16-13(11-14(25-16)17(20)23)12-21-8-6-19(7-9-21)15(22)5-4-10-24-19/h11,15,22H,4-10,12H2,1-3H3,(H2,20,23)/t15-/m0/s1. The highest BCUT2D eigenvalue weighted by molar-refractivity contribution is 5.90. The minimum Gasteiger partial charge on any atom is -0.455 e. The Balaban J connectivity index is 1.71. The first kappa shape index (κ1) is 18.4. The second-order valence-electron chi connectivity index (χ2n) is 8.43. The number of rotatable bonds is 3. The lowest BCUT2D eigenvalue weighted by Crippen LogP contribution is -2.55. The van der Waals surface area contributed by atoms with Gasteiger partial charge in [0, 0.05) is 37.2 Å². The van der Waals surface area contributed by atoms with Crippen LogP contribution in [0.15, 0.2) is 10.5 Å². The summed E-state index contributed by atoms with van der Waals surface area (Å²) in [7, 11) is 0. The van der Waals surface area contributed by atoms with Gasteiger partial charge in [-0.2, -0.15) is 0 Å². The lowest BCUT2D eigenvalue weighted by molar-refractivity contribution is -0.177. The monoisotopic (exact) mass is 350 g/mol. The number of hydrogen-bond donors (Lipinski definition) is 2. The van der Waals surface area contributed by atoms with Gasteiger partial charge in [0.25, 0.3) is 5.91 Å². The molecule has 2 aliphatic heterocycles. The van der Waals surface area contributed by atoms with Crippen LogP contribution >= 0.6 is 0 Å². The van der Waals surface area contributed by atoms with Crippen molar-refractivity contribution < 1.29 is 19.1 Å². The van der Waals surface area contributed by atoms with E-state index in [0.717, 1.165) is 63.2 Å². The fourth-order valence-electron chi connectivity index (χ4n) is 4.02. The highest BCUT2D eigenvalue weighted by atomic mass is 16.5. The van der Waals surface area contributed by atoms with E-state index in [-0.39, 0.29) is 22.9 Å². The van der Waals surface area contributed by atoms with E-state index in [4.69, 9.17) is 14.9 Å². The number of primary amides is 1. The number of nitrogens with two attached hydrogens (primary N) is 1. The number of aliphatic hydroxyl groups is 1. The molecule has 2 aliphatic rings. The van der Waals surface area contributed by atoms with Gasteiger partial charge >= 0.3 is 0 Å². The summed E-state index contributed by atoms with van der Waals surface area (Å²) >= 11 is 0. The van der Waals surface area contributed by atoms with E-state index in [2.05, 4.69) is 25.7 Å². The Morgan fingerprint density at radius 2 is 2.08 bits per heavy atom. The summed E-state index contributed by atoms with van der Waals surface area (Å²) in [5.41, 5.74) is 5.85. The number of ether oxygens (including phenoxy) is 1. The molecular weight excluding hydrogens is 320 g/mol. The summed E-state index contributed by atoms with van der Waals surface area (Å²) < 4.78 is 11.7. The summed E-state index contributed by atoms with van der Waals surface area (Å²) in [6.07, 6.45) is 3.08. The first-order valence-corrected chi connectivity index (χ1v) is 9.19. The summed E-state index contributed by atoms with van der Waals surface area (Å²) in [4.78, 5) is 13.8. The van der Waals surface area contributed by atoms with Crippen LogP contribution in [0.5, 0.6) is 0 Å². The van der Waals surface area contributed by atoms with Crippen molar-refractivity contribution in [3.63, 3.8) is 0 Å². The summed E-state index contributed by atoms with van der Waals surface area (Å²) in [6.45, 7) is 9.38. The molecule has 0 aromatic carbocycles. The molecule has 3 N–H and O–H groups in total. The SMILES string of the molecule is CC(C)(C)c1oc(C(N)=O)cc1CN1CCC2(CC1)OCCC[C@@H]2O. The van der Waals surface area contributed by atoms with Gasteiger partial charge in [-0.25, -0.2) is 0 Å². The van der Waals surface area contributed by atoms with Gasteiger partial charge in [0.05, 0.1) is 11.7 Å². The van der Waals surface area contributed by atoms with E-state index < -0.39 is 5.91 Å². The maximum Gasteiger partial charge on any atom is 0.284 e. The normalized spacial score (nSPS) is 24.6. The first-order valence-electron chi connectivity index (χ1n) is 9.19. The molecule has 6 nitrogen and oxygen atoms in total. The van der Waals surface area contributed by atoms with Gasteiger partial charge in [0.1, 0.15) is 5.76 Å². The van der Waals surface area contributed by atoms with E-state index in [1.807, 2.05) is 0 Å². The zero-order chi connectivity index (χ0) is 18.2. The molecular formula is C19H30N2O4. The van der Waals surface area contributed by atoms with Crippen LogP contribution in [0.4, 0.5) is 0 Å². The fourth-order valence-corrected chi connectivity index (χ4v) is 4.02. The minimum atomic E-state index is -0.534. The highest BCUT2D eigenvalue weighted by Crippen LogP contribution is 2.36. The predicted molar refractivity (Wildman–Crippen MR) is 94.4 cm³/mol. The Morgan fingerprint density at radius 3 is 2.64 bits per heavy atom. The molecule has 1 aromatic heterocycles. The quantitative estimate of drug-likeness (QED) is 0.872. The molecule has 1 aromatic rings. The van der Waals surface area contributed by atoms with Crippen LogP contribution in [0.25, 0.3) is 0 Å². The van der Waals surface area contributed by atoms with Crippen molar-refractivity contribution >= 4 is 5.91 Å². The van der Waals surface area contributed by atoms with Crippen molar-refractivity contribution in [3.05, 3.63) is 23.2 Å². The van der Waals surface area contributed by atoms with Crippen LogP contribution in [-0.2, 0) is 16.7 Å². The Labute approximate surface area is 149 Å². The zero-order valence-electron chi connectivity index (χ0n) is 15.5. The number of piperidine rings is 1. The molecule has 25 heavy (non-hydrogen) atoms. The Kier molecular flexibility index (Phi) is 4.97. The second kappa shape index (κ2) is 6.74. The number of aliphatic hydroxyl groups excluding tert-OH is 1. The molecule has 0 saturated carbocycles. The number of hydrogen-bond acceptors (Lipinski definition) is 5. The average molecular weight is 350 g/mol. The van der Waals surface area contributed by atoms with E-state index in [1.165, 1.54) is 0 Å². The summed E-state index contributed by atoms with van der Waals surface area (Å²) in [5.74, 6) is 0.503. The predicted octanol–water partition coefficient (Wildman–Crippen LogP) is 2.18. The number of carbonyl (C=O) groups is 1. The second-order valence-corrected chi connectivity index (χ2v) is 8.43. The van der Waals surface area contributed by atoms with Crippen molar-refractivity contribution in [3.8, 4) is 0 Å². The van der Waals surface area contributed by atoms with Crippen molar-refractivity contribution in [1.29, 1.82) is 0 Å². The van der Waals surface area contributed by atoms with Gasteiger partial charge in [-0.15, -0.1) is 0 Å². The molecule has 3 rings (SSSR count). The molecule has 1 atom stereocenters. The number of nitrogens with zero attached hydrogens (tertiary/aromatic N) is 1. The molecule has 140 valence electrons. The molecule has 2 fully saturated rings. The minimum absolute atomic E-state index is 0.192. The lowest BCUT2D eigenvalue weighted by atomic mass is 9.82. The number of amides is 1. The van der Waals surface area contributed by atoms with Gasteiger partial charge in [-0.1, -0.05) is 20.8 Å². The molecule has 0 aliphatic carbocycles. The molecule has 0 radical (unpaired) electrons. The van der Waals surface area contributed by atoms with Crippen LogP contribution in [0.2, 0.25) is 0 Å². The summed E-state index contributed by atoms with van der Waals surface area (Å²) in [5, 5.41) is 10.4. The van der Waals surface area contributed by atoms with Crippen LogP contribution in [0.1, 0.15) is 68.3 Å². The number of likely N-dealkylation sites (tertiary alicyclic amines) is 1. The molecule has 1 amide bonds. The topological polar surface area (TPSA) is 88.9 Å². The number of carbonyl (C=O) groups excluding carboxylic acids is 1. The lowest BCUT2D eigenvalue weighted by Gasteiger charge is -2.46. The maximum atomic E-state index is 11.5. The average Bonchev–Trinajstić information content (AvgIpc) is 2.97. The Hall–Kier alpha value is -1.37. The highest BCUT2D eigenvalue weighted by Gasteiger charge is 2.43. The van der Waals surface area contributed by atoms with Gasteiger partial charge in [0.15, 0.2) is 5.76 Å². The van der Waals surface area contributed by atoms with E-state index in [9.17, 15) is 9.90 Å². The fraction of sp³-hybridized carbons (Fsp3) is 0.737. The van der Waals surface area contributed by atoms with Gasteiger partial charge < -0.3 is 20.0 Å². The number of furan rings is 1. The van der Waals surface area contributed by atoms with Crippen LogP contribution < -0.4 is 5.73 Å². The molecule has 6 heteroatoms. The molecule has 2 saturated heterocycles. The van der Waals surface area contributed by atoms with Crippen LogP contribution in [0.3, 0.4) is 0 Å². The van der Waals surface area contributed by atoms with Crippen molar-refractivity contribution in [2.45, 2.75) is 70.1 Å². The maximum absolute atomic E-state index is 11.5. The van der Waals surface area contributed by atoms with Gasteiger partial charge in [-0.3, -0.25) is 9.69 Å². The van der Waals surface area contributed by atoms with E-state index in [0.29, 0.717) is 0 Å². The van der Waals surface area contributed by atoms with Crippen LogP contribution in [-0.4, -0.2) is 47.3 Å². The third kappa shape index (κ3) is 3.76. The first-order chi connectivity index (χ1) is 11.7. The van der Waals surface area contributed by atoms with Crippen molar-refractivity contribution in [2.75, 3.05) is 19.7 Å².